The van der Waals surface area contributed by atoms with Gasteiger partial charge in [-0.15, -0.1) is 0 Å². The second-order valence-electron chi connectivity index (χ2n) is 4.19. The summed E-state index contributed by atoms with van der Waals surface area (Å²) in [7, 11) is 3.37. The standard InChI is InChI=1S/C13H16BrN5O2/c1-4-5-21-12-10(14)6-9(7-11(12)20-3)8-15-13-16-17-18-19(13)2/h4,6-7H,1,5,8H2,2-3H3,(H,15,16,18). The first kappa shape index (κ1) is 15.3. The molecule has 112 valence electrons. The summed E-state index contributed by atoms with van der Waals surface area (Å²) in [6, 6.07) is 3.86. The molecule has 0 unspecified atom stereocenters. The molecule has 7 nitrogen and oxygen atoms in total. The Kier molecular flexibility index (Phi) is 5.15. The van der Waals surface area contributed by atoms with Crippen molar-refractivity contribution in [1.82, 2.24) is 20.2 Å². The van der Waals surface area contributed by atoms with E-state index in [2.05, 4.69) is 43.4 Å². The smallest absolute Gasteiger partial charge is 0.242 e. The van der Waals surface area contributed by atoms with Crippen LogP contribution < -0.4 is 14.8 Å². The first-order valence-corrected chi connectivity index (χ1v) is 7.01. The van der Waals surface area contributed by atoms with Crippen LogP contribution in [0.25, 0.3) is 0 Å². The Morgan fingerprint density at radius 1 is 1.48 bits per heavy atom. The van der Waals surface area contributed by atoms with E-state index < -0.39 is 0 Å². The Morgan fingerprint density at radius 3 is 2.90 bits per heavy atom. The van der Waals surface area contributed by atoms with Gasteiger partial charge in [0.1, 0.15) is 6.61 Å². The highest BCUT2D eigenvalue weighted by molar-refractivity contribution is 9.10. The molecular weight excluding hydrogens is 338 g/mol. The zero-order valence-corrected chi connectivity index (χ0v) is 13.4. The van der Waals surface area contributed by atoms with Crippen molar-refractivity contribution in [2.24, 2.45) is 7.05 Å². The third kappa shape index (κ3) is 3.72. The van der Waals surface area contributed by atoms with Crippen molar-refractivity contribution >= 4 is 21.9 Å². The molecule has 2 aromatic rings. The van der Waals surface area contributed by atoms with Gasteiger partial charge in [0.2, 0.25) is 5.95 Å². The number of aromatic nitrogens is 4. The maximum absolute atomic E-state index is 5.59. The SMILES string of the molecule is C=CCOc1c(Br)cc(CNc2nnnn2C)cc1OC. The van der Waals surface area contributed by atoms with Crippen LogP contribution in [0.1, 0.15) is 5.56 Å². The van der Waals surface area contributed by atoms with Gasteiger partial charge in [0.25, 0.3) is 0 Å². The summed E-state index contributed by atoms with van der Waals surface area (Å²) in [4.78, 5) is 0. The number of benzene rings is 1. The molecule has 1 aromatic carbocycles. The largest absolute Gasteiger partial charge is 0.493 e. The molecule has 1 heterocycles. The molecule has 21 heavy (non-hydrogen) atoms. The molecule has 0 fully saturated rings. The lowest BCUT2D eigenvalue weighted by Crippen LogP contribution is -2.06. The molecule has 1 aromatic heterocycles. The average Bonchev–Trinajstić information content (AvgIpc) is 2.88. The van der Waals surface area contributed by atoms with Crippen LogP contribution >= 0.6 is 15.9 Å². The molecule has 2 rings (SSSR count). The molecule has 0 bridgehead atoms. The number of hydrogen-bond donors (Lipinski definition) is 1. The Hall–Kier alpha value is -2.09. The van der Waals surface area contributed by atoms with Crippen molar-refractivity contribution in [3.8, 4) is 11.5 Å². The van der Waals surface area contributed by atoms with E-state index in [0.717, 1.165) is 10.0 Å². The van der Waals surface area contributed by atoms with Crippen LogP contribution in [0, 0.1) is 0 Å². The first-order chi connectivity index (χ1) is 10.2. The fourth-order valence-electron chi connectivity index (χ4n) is 1.72. The molecule has 0 aliphatic carbocycles. The van der Waals surface area contributed by atoms with E-state index in [-0.39, 0.29) is 0 Å². The summed E-state index contributed by atoms with van der Waals surface area (Å²) in [5.74, 6) is 1.90. The average molecular weight is 354 g/mol. The van der Waals surface area contributed by atoms with Crippen LogP contribution in [-0.4, -0.2) is 33.9 Å². The van der Waals surface area contributed by atoms with Gasteiger partial charge in [0.05, 0.1) is 11.6 Å². The summed E-state index contributed by atoms with van der Waals surface area (Å²) in [6.45, 7) is 4.61. The van der Waals surface area contributed by atoms with E-state index in [1.165, 1.54) is 0 Å². The van der Waals surface area contributed by atoms with Crippen LogP contribution in [0.2, 0.25) is 0 Å². The molecule has 8 heteroatoms. The summed E-state index contributed by atoms with van der Waals surface area (Å²) in [6.07, 6.45) is 1.68. The van der Waals surface area contributed by atoms with Crippen molar-refractivity contribution in [3.63, 3.8) is 0 Å². The van der Waals surface area contributed by atoms with E-state index in [0.29, 0.717) is 30.6 Å². The molecule has 0 saturated carbocycles. The maximum atomic E-state index is 5.59. The summed E-state index contributed by atoms with van der Waals surface area (Å²) < 4.78 is 13.3. The molecule has 1 N–H and O–H groups in total. The van der Waals surface area contributed by atoms with Gasteiger partial charge >= 0.3 is 0 Å². The molecule has 0 saturated heterocycles. The minimum absolute atomic E-state index is 0.414. The minimum atomic E-state index is 0.414. The third-order valence-corrected chi connectivity index (χ3v) is 3.29. The van der Waals surface area contributed by atoms with Gasteiger partial charge in [0, 0.05) is 13.6 Å². The Labute approximate surface area is 131 Å². The van der Waals surface area contributed by atoms with E-state index in [9.17, 15) is 0 Å². The second-order valence-corrected chi connectivity index (χ2v) is 5.04. The number of tetrazole rings is 1. The molecule has 0 atom stereocenters. The normalized spacial score (nSPS) is 10.2. The lowest BCUT2D eigenvalue weighted by atomic mass is 10.2. The summed E-state index contributed by atoms with van der Waals surface area (Å²) >= 11 is 3.49. The van der Waals surface area contributed by atoms with Gasteiger partial charge in [-0.1, -0.05) is 17.8 Å². The van der Waals surface area contributed by atoms with Crippen molar-refractivity contribution < 1.29 is 9.47 Å². The number of anilines is 1. The number of ether oxygens (including phenoxy) is 2. The fraction of sp³-hybridized carbons (Fsp3) is 0.308. The molecule has 0 spiro atoms. The third-order valence-electron chi connectivity index (χ3n) is 2.71. The van der Waals surface area contributed by atoms with Crippen molar-refractivity contribution in [1.29, 1.82) is 0 Å². The van der Waals surface area contributed by atoms with Gasteiger partial charge in [-0.2, -0.15) is 0 Å². The van der Waals surface area contributed by atoms with Crippen molar-refractivity contribution in [2.45, 2.75) is 6.54 Å². The quantitative estimate of drug-likeness (QED) is 0.768. The van der Waals surface area contributed by atoms with E-state index in [4.69, 9.17) is 9.47 Å². The van der Waals surface area contributed by atoms with Crippen LogP contribution in [0.4, 0.5) is 5.95 Å². The predicted molar refractivity (Wildman–Crippen MR) is 82.5 cm³/mol. The van der Waals surface area contributed by atoms with Crippen molar-refractivity contribution in [2.75, 3.05) is 19.0 Å². The number of methoxy groups -OCH3 is 1. The topological polar surface area (TPSA) is 74.1 Å². The van der Waals surface area contributed by atoms with Crippen molar-refractivity contribution in [3.05, 3.63) is 34.8 Å². The summed E-state index contributed by atoms with van der Waals surface area (Å²) in [5, 5.41) is 14.3. The van der Waals surface area contributed by atoms with E-state index >= 15 is 0 Å². The Balaban J connectivity index is 2.15. The van der Waals surface area contributed by atoms with Crippen LogP contribution in [0.3, 0.4) is 0 Å². The summed E-state index contributed by atoms with van der Waals surface area (Å²) in [5.41, 5.74) is 1.01. The number of hydrogen-bond acceptors (Lipinski definition) is 6. The predicted octanol–water partition coefficient (Wildman–Crippen LogP) is 2.16. The first-order valence-electron chi connectivity index (χ1n) is 6.22. The molecule has 0 radical (unpaired) electrons. The number of halogens is 1. The van der Waals surface area contributed by atoms with Gasteiger partial charge < -0.3 is 14.8 Å². The number of nitrogens with one attached hydrogen (secondary N) is 1. The lowest BCUT2D eigenvalue weighted by Gasteiger charge is -2.13. The monoisotopic (exact) mass is 353 g/mol. The number of nitrogens with zero attached hydrogens (tertiary/aromatic N) is 4. The zero-order valence-electron chi connectivity index (χ0n) is 11.8. The van der Waals surface area contributed by atoms with Crippen LogP contribution in [0.15, 0.2) is 29.3 Å². The highest BCUT2D eigenvalue weighted by atomic mass is 79.9. The minimum Gasteiger partial charge on any atom is -0.493 e. The van der Waals surface area contributed by atoms with Crippen LogP contribution in [-0.2, 0) is 13.6 Å². The van der Waals surface area contributed by atoms with E-state index in [1.54, 1.807) is 24.9 Å². The van der Waals surface area contributed by atoms with Gasteiger partial charge in [-0.25, -0.2) is 4.68 Å². The molecule has 0 amide bonds. The van der Waals surface area contributed by atoms with Gasteiger partial charge in [-0.05, 0) is 44.1 Å². The van der Waals surface area contributed by atoms with E-state index in [1.807, 2.05) is 12.1 Å². The van der Waals surface area contributed by atoms with Crippen LogP contribution in [0.5, 0.6) is 11.5 Å². The maximum Gasteiger partial charge on any atom is 0.242 e. The van der Waals surface area contributed by atoms with Gasteiger partial charge in [-0.3, -0.25) is 0 Å². The Morgan fingerprint density at radius 2 is 2.29 bits per heavy atom. The number of aryl methyl sites for hydroxylation is 1. The second kappa shape index (κ2) is 7.07. The Bertz CT molecular complexity index is 629. The highest BCUT2D eigenvalue weighted by Crippen LogP contribution is 2.36. The lowest BCUT2D eigenvalue weighted by molar-refractivity contribution is 0.324. The fourth-order valence-corrected chi connectivity index (χ4v) is 2.32. The van der Waals surface area contributed by atoms with Gasteiger partial charge in [0.15, 0.2) is 11.5 Å². The molecular formula is C13H16BrN5O2. The molecule has 0 aliphatic heterocycles. The molecule has 0 aliphatic rings. The highest BCUT2D eigenvalue weighted by Gasteiger charge is 2.12. The zero-order chi connectivity index (χ0) is 15.2. The number of rotatable bonds is 7.